The molecule has 0 radical (unpaired) electrons. The number of halogens is 1. The molecule has 18 heavy (non-hydrogen) atoms. The molecule has 0 aliphatic carbocycles. The molecule has 1 aromatic rings. The Labute approximate surface area is 105 Å². The zero-order chi connectivity index (χ0) is 13.5. The number of carboxylic acid groups (broad SMARTS) is 1. The summed E-state index contributed by atoms with van der Waals surface area (Å²) in [5.74, 6) is -1.51. The van der Waals surface area contributed by atoms with Gasteiger partial charge in [-0.15, -0.1) is 0 Å². The van der Waals surface area contributed by atoms with Crippen LogP contribution in [0.15, 0.2) is 18.2 Å². The summed E-state index contributed by atoms with van der Waals surface area (Å²) < 4.78 is 13.0. The summed E-state index contributed by atoms with van der Waals surface area (Å²) in [5, 5.41) is 11.0. The zero-order valence-corrected chi connectivity index (χ0v) is 10.2. The van der Waals surface area contributed by atoms with E-state index in [9.17, 15) is 14.0 Å². The highest BCUT2D eigenvalue weighted by atomic mass is 19.1. The number of carbonyl (C=O) groups excluding carboxylic acids is 1. The molecule has 0 unspecified atom stereocenters. The summed E-state index contributed by atoms with van der Waals surface area (Å²) in [6, 6.07) is 4.81. The highest BCUT2D eigenvalue weighted by molar-refractivity contribution is 5.80. The smallest absolute Gasteiger partial charge is 0.303 e. The van der Waals surface area contributed by atoms with Gasteiger partial charge in [0.05, 0.1) is 6.42 Å². The van der Waals surface area contributed by atoms with Crippen molar-refractivity contribution in [3.8, 4) is 0 Å². The van der Waals surface area contributed by atoms with E-state index in [2.05, 4.69) is 5.32 Å². The van der Waals surface area contributed by atoms with Gasteiger partial charge >= 0.3 is 5.97 Å². The van der Waals surface area contributed by atoms with Gasteiger partial charge in [0, 0.05) is 13.0 Å². The van der Waals surface area contributed by atoms with Crippen LogP contribution in [0.3, 0.4) is 0 Å². The molecule has 0 bridgehead atoms. The molecule has 1 rings (SSSR count). The van der Waals surface area contributed by atoms with Crippen molar-refractivity contribution >= 4 is 11.9 Å². The molecule has 0 saturated carbocycles. The van der Waals surface area contributed by atoms with E-state index in [-0.39, 0.29) is 24.6 Å². The maximum Gasteiger partial charge on any atom is 0.303 e. The summed E-state index contributed by atoms with van der Waals surface area (Å²) in [4.78, 5) is 21.5. The number of hydrogen-bond donors (Lipinski definition) is 2. The Bertz CT molecular complexity index is 446. The van der Waals surface area contributed by atoms with Crippen LogP contribution in [-0.4, -0.2) is 23.5 Å². The normalized spacial score (nSPS) is 10.1. The average Bonchev–Trinajstić information content (AvgIpc) is 2.31. The largest absolute Gasteiger partial charge is 0.481 e. The third-order valence-corrected chi connectivity index (χ3v) is 2.52. The van der Waals surface area contributed by atoms with Crippen molar-refractivity contribution in [2.75, 3.05) is 6.54 Å². The van der Waals surface area contributed by atoms with E-state index in [0.29, 0.717) is 18.5 Å². The van der Waals surface area contributed by atoms with Gasteiger partial charge in [-0.05, 0) is 30.5 Å². The number of hydrogen-bond acceptors (Lipinski definition) is 2. The van der Waals surface area contributed by atoms with Crippen molar-refractivity contribution in [3.05, 3.63) is 35.1 Å². The topological polar surface area (TPSA) is 66.4 Å². The summed E-state index contributed by atoms with van der Waals surface area (Å²) >= 11 is 0. The first-order valence-electron chi connectivity index (χ1n) is 5.72. The van der Waals surface area contributed by atoms with Crippen LogP contribution in [0.25, 0.3) is 0 Å². The van der Waals surface area contributed by atoms with Crippen LogP contribution in [0, 0.1) is 12.7 Å². The van der Waals surface area contributed by atoms with Gasteiger partial charge in [0.2, 0.25) is 5.91 Å². The third-order valence-electron chi connectivity index (χ3n) is 2.52. The van der Waals surface area contributed by atoms with E-state index >= 15 is 0 Å². The highest BCUT2D eigenvalue weighted by Crippen LogP contribution is 2.09. The number of nitrogens with one attached hydrogen (secondary N) is 1. The zero-order valence-electron chi connectivity index (χ0n) is 10.2. The Morgan fingerprint density at radius 3 is 2.67 bits per heavy atom. The lowest BCUT2D eigenvalue weighted by molar-refractivity contribution is -0.138. The molecule has 2 N–H and O–H groups in total. The lowest BCUT2D eigenvalue weighted by atomic mass is 10.1. The lowest BCUT2D eigenvalue weighted by Gasteiger charge is -2.05. The van der Waals surface area contributed by atoms with Crippen LogP contribution >= 0.6 is 0 Å². The van der Waals surface area contributed by atoms with Gasteiger partial charge in [0.25, 0.3) is 0 Å². The quantitative estimate of drug-likeness (QED) is 0.810. The Morgan fingerprint density at radius 1 is 1.33 bits per heavy atom. The first kappa shape index (κ1) is 14.2. The maximum absolute atomic E-state index is 13.0. The molecule has 0 atom stereocenters. The van der Waals surface area contributed by atoms with E-state index in [1.54, 1.807) is 19.1 Å². The van der Waals surface area contributed by atoms with Crippen molar-refractivity contribution in [1.29, 1.82) is 0 Å². The van der Waals surface area contributed by atoms with Crippen LogP contribution in [0.5, 0.6) is 0 Å². The molecule has 0 saturated heterocycles. The van der Waals surface area contributed by atoms with Gasteiger partial charge in [0.15, 0.2) is 0 Å². The van der Waals surface area contributed by atoms with Gasteiger partial charge in [-0.25, -0.2) is 4.39 Å². The SMILES string of the molecule is Cc1cc(CCNC(=O)CCC(=O)O)ccc1F. The van der Waals surface area contributed by atoms with Crippen molar-refractivity contribution < 1.29 is 19.1 Å². The summed E-state index contributed by atoms with van der Waals surface area (Å²) in [6.45, 7) is 2.10. The molecule has 5 heteroatoms. The van der Waals surface area contributed by atoms with Crippen LogP contribution in [-0.2, 0) is 16.0 Å². The molecule has 1 aromatic carbocycles. The van der Waals surface area contributed by atoms with Crippen LogP contribution in [0.1, 0.15) is 24.0 Å². The van der Waals surface area contributed by atoms with Crippen molar-refractivity contribution in [3.63, 3.8) is 0 Å². The molecule has 98 valence electrons. The van der Waals surface area contributed by atoms with E-state index in [1.165, 1.54) is 6.07 Å². The second-order valence-corrected chi connectivity index (χ2v) is 4.08. The first-order chi connectivity index (χ1) is 8.49. The standard InChI is InChI=1S/C13H16FNO3/c1-9-8-10(2-3-11(9)14)6-7-15-12(16)4-5-13(17)18/h2-3,8H,4-7H2,1H3,(H,15,16)(H,17,18). The maximum atomic E-state index is 13.0. The Hall–Kier alpha value is -1.91. The van der Waals surface area contributed by atoms with E-state index in [1.807, 2.05) is 0 Å². The molecule has 4 nitrogen and oxygen atoms in total. The minimum absolute atomic E-state index is 0.0161. The van der Waals surface area contributed by atoms with E-state index in [4.69, 9.17) is 5.11 Å². The number of carboxylic acids is 1. The summed E-state index contributed by atoms with van der Waals surface area (Å²) in [5.41, 5.74) is 1.51. The Kier molecular flexibility index (Phi) is 5.30. The lowest BCUT2D eigenvalue weighted by Crippen LogP contribution is -2.26. The fraction of sp³-hybridized carbons (Fsp3) is 0.385. The molecular weight excluding hydrogens is 237 g/mol. The van der Waals surface area contributed by atoms with E-state index in [0.717, 1.165) is 5.56 Å². The third kappa shape index (κ3) is 4.95. The second-order valence-electron chi connectivity index (χ2n) is 4.08. The summed E-state index contributed by atoms with van der Waals surface area (Å²) in [6.07, 6.45) is 0.416. The number of aliphatic carboxylic acids is 1. The molecule has 0 fully saturated rings. The highest BCUT2D eigenvalue weighted by Gasteiger charge is 2.05. The molecule has 1 amide bonds. The Balaban J connectivity index is 2.30. The molecule has 0 aliphatic heterocycles. The van der Waals surface area contributed by atoms with Gasteiger partial charge < -0.3 is 10.4 Å². The van der Waals surface area contributed by atoms with Gasteiger partial charge in [-0.1, -0.05) is 12.1 Å². The number of carbonyl (C=O) groups is 2. The van der Waals surface area contributed by atoms with Crippen molar-refractivity contribution in [2.45, 2.75) is 26.2 Å². The minimum Gasteiger partial charge on any atom is -0.481 e. The molecule has 0 heterocycles. The number of rotatable bonds is 6. The second kappa shape index (κ2) is 6.74. The fourth-order valence-electron chi connectivity index (χ4n) is 1.52. The van der Waals surface area contributed by atoms with Crippen LogP contribution in [0.2, 0.25) is 0 Å². The van der Waals surface area contributed by atoms with E-state index < -0.39 is 5.97 Å². The van der Waals surface area contributed by atoms with Crippen LogP contribution in [0.4, 0.5) is 4.39 Å². The molecule has 0 aromatic heterocycles. The van der Waals surface area contributed by atoms with Crippen molar-refractivity contribution in [2.24, 2.45) is 0 Å². The predicted octanol–water partition coefficient (Wildman–Crippen LogP) is 1.66. The first-order valence-corrected chi connectivity index (χ1v) is 5.72. The number of amides is 1. The van der Waals surface area contributed by atoms with Crippen LogP contribution < -0.4 is 5.32 Å². The predicted molar refractivity (Wildman–Crippen MR) is 64.7 cm³/mol. The van der Waals surface area contributed by atoms with Crippen molar-refractivity contribution in [1.82, 2.24) is 5.32 Å². The molecule has 0 aliphatic rings. The van der Waals surface area contributed by atoms with Gasteiger partial charge in [-0.2, -0.15) is 0 Å². The van der Waals surface area contributed by atoms with Gasteiger partial charge in [0.1, 0.15) is 5.82 Å². The van der Waals surface area contributed by atoms with Gasteiger partial charge in [-0.3, -0.25) is 9.59 Å². The molecule has 0 spiro atoms. The minimum atomic E-state index is -0.987. The Morgan fingerprint density at radius 2 is 2.06 bits per heavy atom. The summed E-state index contributed by atoms with van der Waals surface area (Å²) in [7, 11) is 0. The average molecular weight is 253 g/mol. The fourth-order valence-corrected chi connectivity index (χ4v) is 1.52. The number of benzene rings is 1. The monoisotopic (exact) mass is 253 g/mol. The number of aryl methyl sites for hydroxylation is 1. The molecular formula is C13H16FNO3.